The van der Waals surface area contributed by atoms with E-state index in [2.05, 4.69) is 0 Å². The fraction of sp³-hybridized carbons (Fsp3) is 0.500. The van der Waals surface area contributed by atoms with E-state index in [1.165, 1.54) is 12.1 Å². The molecule has 0 saturated carbocycles. The van der Waals surface area contributed by atoms with E-state index in [1.807, 2.05) is 0 Å². The molecule has 0 spiro atoms. The van der Waals surface area contributed by atoms with Gasteiger partial charge < -0.3 is 5.11 Å². The van der Waals surface area contributed by atoms with Crippen LogP contribution in [0.15, 0.2) is 24.3 Å². The molecule has 0 radical (unpaired) electrons. The van der Waals surface area contributed by atoms with E-state index in [-0.39, 0.29) is 11.5 Å². The Morgan fingerprint density at radius 3 is 2.21 bits per heavy atom. The Kier molecular flexibility index (Phi) is 3.61. The van der Waals surface area contributed by atoms with Gasteiger partial charge in [0.15, 0.2) is 9.84 Å². The van der Waals surface area contributed by atoms with Gasteiger partial charge in [0.1, 0.15) is 0 Å². The lowest BCUT2D eigenvalue weighted by Crippen LogP contribution is -2.14. The maximum Gasteiger partial charge on any atom is 0.416 e. The van der Waals surface area contributed by atoms with Crippen LogP contribution >= 0.6 is 0 Å². The first kappa shape index (κ1) is 14.3. The minimum absolute atomic E-state index is 0.0232. The van der Waals surface area contributed by atoms with Crippen LogP contribution in [0.25, 0.3) is 0 Å². The van der Waals surface area contributed by atoms with Crippen molar-refractivity contribution in [2.75, 3.05) is 11.5 Å². The van der Waals surface area contributed by atoms with E-state index in [0.717, 1.165) is 12.1 Å². The van der Waals surface area contributed by atoms with E-state index in [9.17, 15) is 26.7 Å². The van der Waals surface area contributed by atoms with Gasteiger partial charge in [-0.1, -0.05) is 12.1 Å². The van der Waals surface area contributed by atoms with Crippen LogP contribution in [-0.2, 0) is 16.0 Å². The minimum Gasteiger partial charge on any atom is -0.388 e. The summed E-state index contributed by atoms with van der Waals surface area (Å²) in [6.45, 7) is 0. The second-order valence-electron chi connectivity index (χ2n) is 4.73. The Labute approximate surface area is 109 Å². The van der Waals surface area contributed by atoms with E-state index < -0.39 is 33.6 Å². The summed E-state index contributed by atoms with van der Waals surface area (Å²) in [5.41, 5.74) is -0.474. The molecule has 2 unspecified atom stereocenters. The molecule has 1 aromatic carbocycles. The fourth-order valence-electron chi connectivity index (χ4n) is 2.21. The number of halogens is 3. The third-order valence-corrected chi connectivity index (χ3v) is 5.09. The molecule has 1 aliphatic rings. The van der Waals surface area contributed by atoms with Crippen molar-refractivity contribution in [3.8, 4) is 0 Å². The van der Waals surface area contributed by atoms with Crippen molar-refractivity contribution in [3.05, 3.63) is 35.4 Å². The zero-order valence-electron chi connectivity index (χ0n) is 9.89. The largest absolute Gasteiger partial charge is 0.416 e. The smallest absolute Gasteiger partial charge is 0.388 e. The lowest BCUT2D eigenvalue weighted by Gasteiger charge is -2.17. The number of alkyl halides is 3. The molecule has 1 aliphatic heterocycles. The minimum atomic E-state index is -4.42. The summed E-state index contributed by atoms with van der Waals surface area (Å²) in [7, 11) is -3.12. The molecule has 3 nitrogen and oxygen atoms in total. The molecule has 0 amide bonds. The highest BCUT2D eigenvalue weighted by molar-refractivity contribution is 7.91. The molecule has 0 aliphatic carbocycles. The van der Waals surface area contributed by atoms with Crippen LogP contribution in [0.4, 0.5) is 13.2 Å². The quantitative estimate of drug-likeness (QED) is 0.909. The number of aliphatic hydroxyl groups excluding tert-OH is 1. The van der Waals surface area contributed by atoms with Crippen LogP contribution < -0.4 is 0 Å². The Balaban J connectivity index is 2.15. The van der Waals surface area contributed by atoms with Gasteiger partial charge in [0, 0.05) is 5.92 Å². The van der Waals surface area contributed by atoms with E-state index >= 15 is 0 Å². The fourth-order valence-corrected chi connectivity index (χ4v) is 4.04. The van der Waals surface area contributed by atoms with Crippen molar-refractivity contribution in [1.29, 1.82) is 0 Å². The predicted octanol–water partition coefficient (Wildman–Crippen LogP) is 2.17. The Bertz CT molecular complexity index is 549. The summed E-state index contributed by atoms with van der Waals surface area (Å²) in [6, 6.07) is 4.17. The standard InChI is InChI=1S/C12H13F3O3S/c13-12(14,15)10-3-1-8(2-4-10)11(16)9-5-6-19(17,18)7-9/h1-4,9,11,16H,5-7H2. The Morgan fingerprint density at radius 1 is 1.21 bits per heavy atom. The molecule has 106 valence electrons. The van der Waals surface area contributed by atoms with E-state index in [1.54, 1.807) is 0 Å². The molecular formula is C12H13F3O3S. The summed E-state index contributed by atoms with van der Waals surface area (Å²) in [5, 5.41) is 10.0. The van der Waals surface area contributed by atoms with Crippen LogP contribution in [0.3, 0.4) is 0 Å². The van der Waals surface area contributed by atoms with E-state index in [4.69, 9.17) is 0 Å². The van der Waals surface area contributed by atoms with Crippen molar-refractivity contribution < 1.29 is 26.7 Å². The number of hydrogen-bond acceptors (Lipinski definition) is 3. The molecular weight excluding hydrogens is 281 g/mol. The molecule has 0 bridgehead atoms. The van der Waals surface area contributed by atoms with Gasteiger partial charge in [0.25, 0.3) is 0 Å². The molecule has 1 aromatic rings. The van der Waals surface area contributed by atoms with Crippen molar-refractivity contribution in [1.82, 2.24) is 0 Å². The Hall–Kier alpha value is -1.08. The zero-order chi connectivity index (χ0) is 14.3. The summed E-state index contributed by atoms with van der Waals surface area (Å²) in [6.07, 6.45) is -5.12. The average molecular weight is 294 g/mol. The molecule has 1 fully saturated rings. The maximum absolute atomic E-state index is 12.4. The van der Waals surface area contributed by atoms with Crippen LogP contribution in [0, 0.1) is 5.92 Å². The molecule has 1 N–H and O–H groups in total. The lowest BCUT2D eigenvalue weighted by molar-refractivity contribution is -0.137. The van der Waals surface area contributed by atoms with Crippen molar-refractivity contribution in [2.24, 2.45) is 5.92 Å². The maximum atomic E-state index is 12.4. The first-order valence-corrected chi connectivity index (χ1v) is 7.57. The summed E-state index contributed by atoms with van der Waals surface area (Å²) in [4.78, 5) is 0. The molecule has 19 heavy (non-hydrogen) atoms. The van der Waals surface area contributed by atoms with Gasteiger partial charge in [0.2, 0.25) is 0 Å². The van der Waals surface area contributed by atoms with Crippen molar-refractivity contribution in [2.45, 2.75) is 18.7 Å². The number of hydrogen-bond donors (Lipinski definition) is 1. The second-order valence-corrected chi connectivity index (χ2v) is 6.96. The van der Waals surface area contributed by atoms with Crippen LogP contribution in [0.2, 0.25) is 0 Å². The van der Waals surface area contributed by atoms with Gasteiger partial charge in [-0.2, -0.15) is 13.2 Å². The monoisotopic (exact) mass is 294 g/mol. The van der Waals surface area contributed by atoms with Gasteiger partial charge in [-0.15, -0.1) is 0 Å². The predicted molar refractivity (Wildman–Crippen MR) is 63.2 cm³/mol. The number of aliphatic hydroxyl groups is 1. The van der Waals surface area contributed by atoms with Crippen LogP contribution in [0.5, 0.6) is 0 Å². The number of rotatable bonds is 2. The van der Waals surface area contributed by atoms with Gasteiger partial charge in [-0.3, -0.25) is 0 Å². The first-order chi connectivity index (χ1) is 8.69. The first-order valence-electron chi connectivity index (χ1n) is 5.75. The van der Waals surface area contributed by atoms with Crippen LogP contribution in [-0.4, -0.2) is 25.0 Å². The zero-order valence-corrected chi connectivity index (χ0v) is 10.7. The van der Waals surface area contributed by atoms with Crippen molar-refractivity contribution >= 4 is 9.84 Å². The molecule has 0 aromatic heterocycles. The SMILES string of the molecule is O=S1(=O)CCC(C(O)c2ccc(C(F)(F)F)cc2)C1. The van der Waals surface area contributed by atoms with Gasteiger partial charge in [0.05, 0.1) is 23.2 Å². The van der Waals surface area contributed by atoms with Gasteiger partial charge in [-0.05, 0) is 24.1 Å². The Morgan fingerprint density at radius 2 is 1.79 bits per heavy atom. The summed E-state index contributed by atoms with van der Waals surface area (Å²) < 4.78 is 59.7. The van der Waals surface area contributed by atoms with E-state index in [0.29, 0.717) is 12.0 Å². The van der Waals surface area contributed by atoms with Crippen LogP contribution in [0.1, 0.15) is 23.7 Å². The number of benzene rings is 1. The number of sulfone groups is 1. The summed E-state index contributed by atoms with van der Waals surface area (Å²) >= 11 is 0. The average Bonchev–Trinajstić information content (AvgIpc) is 2.68. The molecule has 2 rings (SSSR count). The molecule has 7 heteroatoms. The highest BCUT2D eigenvalue weighted by atomic mass is 32.2. The summed E-state index contributed by atoms with van der Waals surface area (Å²) in [5.74, 6) is -0.536. The molecule has 1 heterocycles. The van der Waals surface area contributed by atoms with Crippen molar-refractivity contribution in [3.63, 3.8) is 0 Å². The third kappa shape index (κ3) is 3.27. The molecule has 1 saturated heterocycles. The molecule has 2 atom stereocenters. The normalized spacial score (nSPS) is 24.3. The highest BCUT2D eigenvalue weighted by Crippen LogP contribution is 2.34. The second kappa shape index (κ2) is 4.79. The highest BCUT2D eigenvalue weighted by Gasteiger charge is 2.34. The van der Waals surface area contributed by atoms with Gasteiger partial charge in [-0.25, -0.2) is 8.42 Å². The van der Waals surface area contributed by atoms with Gasteiger partial charge >= 0.3 is 6.18 Å². The third-order valence-electron chi connectivity index (χ3n) is 3.29. The lowest BCUT2D eigenvalue weighted by atomic mass is 9.95. The topological polar surface area (TPSA) is 54.4 Å².